The summed E-state index contributed by atoms with van der Waals surface area (Å²) in [5.74, 6) is 0.102. The minimum absolute atomic E-state index is 0.102. The Hall–Kier alpha value is -1.28. The number of amides is 1. The van der Waals surface area contributed by atoms with Crippen molar-refractivity contribution in [3.8, 4) is 9.88 Å². The van der Waals surface area contributed by atoms with Gasteiger partial charge in [-0.2, -0.15) is 0 Å². The lowest BCUT2D eigenvalue weighted by Crippen LogP contribution is -2.52. The highest BCUT2D eigenvalue weighted by atomic mass is 32.1. The molecule has 7 heteroatoms. The van der Waals surface area contributed by atoms with Crippen LogP contribution < -0.4 is 0 Å². The molecule has 1 atom stereocenters. The van der Waals surface area contributed by atoms with E-state index in [9.17, 15) is 4.79 Å². The standard InChI is InChI=1S/C19H26N4OS2/c1-21-8-10-22(11-9-21)15-5-2-3-7-23(13-15)19(24)16-14-26-18(20-16)17-6-4-12-25-17/h4,6,12,14-15H,2-3,5,7-11,13H2,1H3. The molecule has 26 heavy (non-hydrogen) atoms. The van der Waals surface area contributed by atoms with E-state index in [0.29, 0.717) is 11.7 Å². The van der Waals surface area contributed by atoms with Crippen molar-refractivity contribution in [1.82, 2.24) is 19.7 Å². The zero-order valence-electron chi connectivity index (χ0n) is 15.3. The lowest BCUT2D eigenvalue weighted by Gasteiger charge is -2.39. The number of carbonyl (C=O) groups is 1. The summed E-state index contributed by atoms with van der Waals surface area (Å²) in [6.45, 7) is 6.18. The number of rotatable bonds is 3. The number of hydrogen-bond acceptors (Lipinski definition) is 6. The molecule has 0 radical (unpaired) electrons. The first kappa shape index (κ1) is 18.1. The van der Waals surface area contributed by atoms with Crippen LogP contribution in [-0.4, -0.2) is 77.9 Å². The van der Waals surface area contributed by atoms with Crippen LogP contribution in [0, 0.1) is 0 Å². The fourth-order valence-electron chi connectivity index (χ4n) is 3.84. The van der Waals surface area contributed by atoms with Crippen molar-refractivity contribution in [3.63, 3.8) is 0 Å². The van der Waals surface area contributed by atoms with Crippen molar-refractivity contribution in [3.05, 3.63) is 28.6 Å². The number of nitrogens with zero attached hydrogens (tertiary/aromatic N) is 4. The van der Waals surface area contributed by atoms with E-state index in [4.69, 9.17) is 0 Å². The van der Waals surface area contributed by atoms with Crippen LogP contribution in [0.1, 0.15) is 29.8 Å². The number of thiophene rings is 1. The Kier molecular flexibility index (Phi) is 5.69. The Labute approximate surface area is 163 Å². The second kappa shape index (κ2) is 8.17. The Bertz CT molecular complexity index is 722. The van der Waals surface area contributed by atoms with Crippen molar-refractivity contribution >= 4 is 28.6 Å². The molecule has 1 amide bonds. The van der Waals surface area contributed by atoms with Gasteiger partial charge in [-0.05, 0) is 31.3 Å². The summed E-state index contributed by atoms with van der Waals surface area (Å²) in [6.07, 6.45) is 3.50. The molecular formula is C19H26N4OS2. The van der Waals surface area contributed by atoms with Crippen molar-refractivity contribution in [1.29, 1.82) is 0 Å². The van der Waals surface area contributed by atoms with E-state index in [1.807, 2.05) is 21.7 Å². The van der Waals surface area contributed by atoms with Crippen molar-refractivity contribution < 1.29 is 4.79 Å². The molecule has 0 aromatic carbocycles. The van der Waals surface area contributed by atoms with Gasteiger partial charge in [0.25, 0.3) is 5.91 Å². The van der Waals surface area contributed by atoms with Crippen molar-refractivity contribution in [2.75, 3.05) is 46.3 Å². The van der Waals surface area contributed by atoms with Crippen LogP contribution in [-0.2, 0) is 0 Å². The second-order valence-electron chi connectivity index (χ2n) is 7.26. The summed E-state index contributed by atoms with van der Waals surface area (Å²) in [7, 11) is 2.19. The summed E-state index contributed by atoms with van der Waals surface area (Å²) < 4.78 is 0. The van der Waals surface area contributed by atoms with E-state index in [1.54, 1.807) is 22.7 Å². The zero-order chi connectivity index (χ0) is 17.9. The first-order valence-corrected chi connectivity index (χ1v) is 11.2. The Morgan fingerprint density at radius 2 is 2.00 bits per heavy atom. The highest BCUT2D eigenvalue weighted by molar-refractivity contribution is 7.20. The van der Waals surface area contributed by atoms with E-state index in [1.165, 1.54) is 12.8 Å². The van der Waals surface area contributed by atoms with E-state index < -0.39 is 0 Å². The molecule has 2 aromatic rings. The summed E-state index contributed by atoms with van der Waals surface area (Å²) >= 11 is 3.24. The molecule has 4 heterocycles. The van der Waals surface area contributed by atoms with E-state index in [0.717, 1.165) is 55.6 Å². The molecule has 2 fully saturated rings. The third kappa shape index (κ3) is 4.01. The maximum Gasteiger partial charge on any atom is 0.273 e. The third-order valence-corrected chi connectivity index (χ3v) is 7.32. The minimum atomic E-state index is 0.102. The van der Waals surface area contributed by atoms with Crippen LogP contribution >= 0.6 is 22.7 Å². The van der Waals surface area contributed by atoms with Crippen LogP contribution in [0.25, 0.3) is 9.88 Å². The maximum atomic E-state index is 13.1. The molecule has 140 valence electrons. The van der Waals surface area contributed by atoms with Gasteiger partial charge in [0, 0.05) is 50.7 Å². The van der Waals surface area contributed by atoms with Gasteiger partial charge in [0.05, 0.1) is 4.88 Å². The van der Waals surface area contributed by atoms with Crippen LogP contribution in [0.2, 0.25) is 0 Å². The van der Waals surface area contributed by atoms with Gasteiger partial charge in [-0.3, -0.25) is 9.69 Å². The van der Waals surface area contributed by atoms with Crippen LogP contribution in [0.4, 0.5) is 0 Å². The van der Waals surface area contributed by atoms with E-state index in [-0.39, 0.29) is 5.91 Å². The van der Waals surface area contributed by atoms with Crippen LogP contribution in [0.5, 0.6) is 0 Å². The maximum absolute atomic E-state index is 13.1. The molecule has 2 aliphatic rings. The van der Waals surface area contributed by atoms with Gasteiger partial charge in [-0.15, -0.1) is 22.7 Å². The van der Waals surface area contributed by atoms with Crippen LogP contribution in [0.15, 0.2) is 22.9 Å². The third-order valence-electron chi connectivity index (χ3n) is 5.44. The predicted octanol–water partition coefficient (Wildman–Crippen LogP) is 3.11. The van der Waals surface area contributed by atoms with Gasteiger partial charge in [-0.25, -0.2) is 4.98 Å². The SMILES string of the molecule is CN1CCN(C2CCCCN(C(=O)c3csc(-c4cccs4)n3)C2)CC1. The van der Waals surface area contributed by atoms with Gasteiger partial charge in [0.1, 0.15) is 10.7 Å². The fourth-order valence-corrected chi connectivity index (χ4v) is 5.44. The number of hydrogen-bond donors (Lipinski definition) is 0. The minimum Gasteiger partial charge on any atom is -0.336 e. The molecule has 0 aliphatic carbocycles. The fraction of sp³-hybridized carbons (Fsp3) is 0.579. The lowest BCUT2D eigenvalue weighted by atomic mass is 10.1. The molecule has 1 unspecified atom stereocenters. The molecule has 0 spiro atoms. The molecule has 0 N–H and O–H groups in total. The van der Waals surface area contributed by atoms with Crippen molar-refractivity contribution in [2.24, 2.45) is 0 Å². The van der Waals surface area contributed by atoms with Crippen LogP contribution in [0.3, 0.4) is 0 Å². The molecule has 2 aliphatic heterocycles. The number of thiazole rings is 1. The van der Waals surface area contributed by atoms with Gasteiger partial charge in [0.2, 0.25) is 0 Å². The molecule has 0 bridgehead atoms. The number of likely N-dealkylation sites (N-methyl/N-ethyl adjacent to an activating group) is 1. The average molecular weight is 391 g/mol. The molecule has 2 aromatic heterocycles. The largest absolute Gasteiger partial charge is 0.336 e. The topological polar surface area (TPSA) is 39.7 Å². The first-order chi connectivity index (χ1) is 12.7. The summed E-state index contributed by atoms with van der Waals surface area (Å²) in [5, 5.41) is 4.93. The molecule has 2 saturated heterocycles. The first-order valence-electron chi connectivity index (χ1n) is 9.42. The van der Waals surface area contributed by atoms with Gasteiger partial charge in [-0.1, -0.05) is 12.5 Å². The molecule has 5 nitrogen and oxygen atoms in total. The van der Waals surface area contributed by atoms with Crippen molar-refractivity contribution in [2.45, 2.75) is 25.3 Å². The second-order valence-corrected chi connectivity index (χ2v) is 9.06. The van der Waals surface area contributed by atoms with E-state index >= 15 is 0 Å². The monoisotopic (exact) mass is 390 g/mol. The molecular weight excluding hydrogens is 364 g/mol. The Morgan fingerprint density at radius 3 is 2.77 bits per heavy atom. The van der Waals surface area contributed by atoms with Gasteiger partial charge < -0.3 is 9.80 Å². The quantitative estimate of drug-likeness (QED) is 0.807. The van der Waals surface area contributed by atoms with Gasteiger partial charge in [0.15, 0.2) is 0 Å². The normalized spacial score (nSPS) is 23.1. The Morgan fingerprint density at radius 1 is 1.15 bits per heavy atom. The lowest BCUT2D eigenvalue weighted by molar-refractivity contribution is 0.0627. The molecule has 0 saturated carbocycles. The smallest absolute Gasteiger partial charge is 0.273 e. The highest BCUT2D eigenvalue weighted by Gasteiger charge is 2.29. The summed E-state index contributed by atoms with van der Waals surface area (Å²) in [4.78, 5) is 25.8. The van der Waals surface area contributed by atoms with E-state index in [2.05, 4.69) is 27.9 Å². The summed E-state index contributed by atoms with van der Waals surface area (Å²) in [5.41, 5.74) is 0.609. The highest BCUT2D eigenvalue weighted by Crippen LogP contribution is 2.28. The number of carbonyl (C=O) groups excluding carboxylic acids is 1. The predicted molar refractivity (Wildman–Crippen MR) is 108 cm³/mol. The number of piperazine rings is 1. The average Bonchev–Trinajstić information content (AvgIpc) is 3.29. The number of likely N-dealkylation sites (tertiary alicyclic amines) is 1. The van der Waals surface area contributed by atoms with Gasteiger partial charge >= 0.3 is 0 Å². The Balaban J connectivity index is 1.44. The summed E-state index contributed by atoms with van der Waals surface area (Å²) in [6, 6.07) is 4.58. The molecule has 4 rings (SSSR count). The number of aromatic nitrogens is 1. The zero-order valence-corrected chi connectivity index (χ0v) is 16.9.